The summed E-state index contributed by atoms with van der Waals surface area (Å²) in [6.45, 7) is 3.72. The van der Waals surface area contributed by atoms with Crippen LogP contribution in [0.5, 0.6) is 0 Å². The summed E-state index contributed by atoms with van der Waals surface area (Å²) in [5, 5.41) is 2.86. The third kappa shape index (κ3) is 3.17. The number of pyridine rings is 1. The highest BCUT2D eigenvalue weighted by Gasteiger charge is 2.10. The van der Waals surface area contributed by atoms with Crippen LogP contribution in [0.3, 0.4) is 0 Å². The fraction of sp³-hybridized carbons (Fsp3) is 0.200. The molecule has 1 atom stereocenters. The van der Waals surface area contributed by atoms with E-state index in [0.29, 0.717) is 11.3 Å². The molecule has 3 N–H and O–H groups in total. The molecule has 0 aliphatic carbocycles. The van der Waals surface area contributed by atoms with Gasteiger partial charge in [0.2, 0.25) is 0 Å². The Labute approximate surface area is 112 Å². The summed E-state index contributed by atoms with van der Waals surface area (Å²) in [5.74, 6) is -0.160. The first-order valence-corrected chi connectivity index (χ1v) is 6.16. The van der Waals surface area contributed by atoms with E-state index in [0.717, 1.165) is 11.3 Å². The highest BCUT2D eigenvalue weighted by molar-refractivity contribution is 6.04. The van der Waals surface area contributed by atoms with Crippen molar-refractivity contribution in [2.45, 2.75) is 19.9 Å². The number of aryl methyl sites for hydroxylation is 1. The zero-order chi connectivity index (χ0) is 13.8. The van der Waals surface area contributed by atoms with Gasteiger partial charge in [0.15, 0.2) is 0 Å². The first-order chi connectivity index (χ1) is 9.08. The van der Waals surface area contributed by atoms with Crippen LogP contribution in [0.15, 0.2) is 42.6 Å². The lowest BCUT2D eigenvalue weighted by Crippen LogP contribution is -2.14. The molecule has 98 valence electrons. The molecule has 2 rings (SSSR count). The van der Waals surface area contributed by atoms with Crippen LogP contribution >= 0.6 is 0 Å². The lowest BCUT2D eigenvalue weighted by atomic mass is 10.1. The highest BCUT2D eigenvalue weighted by atomic mass is 16.1. The largest absolute Gasteiger partial charge is 0.324 e. The number of benzene rings is 1. The predicted octanol–water partition coefficient (Wildman–Crippen LogP) is 2.66. The minimum absolute atomic E-state index is 0.0584. The molecule has 1 heterocycles. The second-order valence-electron chi connectivity index (χ2n) is 4.50. The Bertz CT molecular complexity index is 593. The maximum absolute atomic E-state index is 12.1. The van der Waals surface area contributed by atoms with Gasteiger partial charge in [0.25, 0.3) is 5.91 Å². The predicted molar refractivity (Wildman–Crippen MR) is 76.0 cm³/mol. The van der Waals surface area contributed by atoms with Crippen molar-refractivity contribution in [2.24, 2.45) is 5.73 Å². The first kappa shape index (κ1) is 13.2. The summed E-state index contributed by atoms with van der Waals surface area (Å²) in [6, 6.07) is 11.0. The zero-order valence-electron chi connectivity index (χ0n) is 11.1. The number of hydrogen-bond acceptors (Lipinski definition) is 3. The molecule has 0 fully saturated rings. The summed E-state index contributed by atoms with van der Waals surface area (Å²) >= 11 is 0. The van der Waals surface area contributed by atoms with E-state index in [9.17, 15) is 4.79 Å². The summed E-state index contributed by atoms with van der Waals surface area (Å²) < 4.78 is 0. The fourth-order valence-electron chi connectivity index (χ4n) is 1.82. The van der Waals surface area contributed by atoms with Crippen LogP contribution in [0.2, 0.25) is 0 Å². The fourth-order valence-corrected chi connectivity index (χ4v) is 1.82. The quantitative estimate of drug-likeness (QED) is 0.886. The van der Waals surface area contributed by atoms with Gasteiger partial charge in [0.1, 0.15) is 0 Å². The van der Waals surface area contributed by atoms with Crippen molar-refractivity contribution in [2.75, 3.05) is 5.32 Å². The molecular weight excluding hydrogens is 238 g/mol. The summed E-state index contributed by atoms with van der Waals surface area (Å²) in [7, 11) is 0. The average molecular weight is 255 g/mol. The van der Waals surface area contributed by atoms with Crippen molar-refractivity contribution in [3.05, 3.63) is 59.4 Å². The molecule has 19 heavy (non-hydrogen) atoms. The van der Waals surface area contributed by atoms with E-state index >= 15 is 0 Å². The Hall–Kier alpha value is -2.20. The van der Waals surface area contributed by atoms with Gasteiger partial charge in [-0.3, -0.25) is 9.78 Å². The third-order valence-electron chi connectivity index (χ3n) is 2.92. The number of carbonyl (C=O) groups is 1. The normalized spacial score (nSPS) is 11.9. The Morgan fingerprint density at radius 2 is 2.11 bits per heavy atom. The van der Waals surface area contributed by atoms with Crippen LogP contribution in [0.1, 0.15) is 34.6 Å². The molecule has 4 nitrogen and oxygen atoms in total. The average Bonchev–Trinajstić information content (AvgIpc) is 2.39. The van der Waals surface area contributed by atoms with Gasteiger partial charge < -0.3 is 11.1 Å². The number of carbonyl (C=O) groups excluding carboxylic acids is 1. The van der Waals surface area contributed by atoms with Crippen molar-refractivity contribution >= 4 is 11.6 Å². The van der Waals surface area contributed by atoms with Crippen LogP contribution in [0.25, 0.3) is 0 Å². The lowest BCUT2D eigenvalue weighted by Gasteiger charge is -2.10. The zero-order valence-corrected chi connectivity index (χ0v) is 11.1. The Morgan fingerprint density at radius 1 is 1.32 bits per heavy atom. The lowest BCUT2D eigenvalue weighted by molar-refractivity contribution is 0.102. The molecule has 0 saturated heterocycles. The number of nitrogens with one attached hydrogen (secondary N) is 1. The minimum Gasteiger partial charge on any atom is -0.324 e. The summed E-state index contributed by atoms with van der Waals surface area (Å²) in [4.78, 5) is 16.2. The van der Waals surface area contributed by atoms with Crippen molar-refractivity contribution < 1.29 is 4.79 Å². The molecule has 4 heteroatoms. The Kier molecular flexibility index (Phi) is 3.92. The van der Waals surface area contributed by atoms with E-state index in [-0.39, 0.29) is 11.9 Å². The van der Waals surface area contributed by atoms with Gasteiger partial charge in [0.05, 0.1) is 5.56 Å². The number of rotatable bonds is 3. The van der Waals surface area contributed by atoms with Gasteiger partial charge in [0, 0.05) is 23.6 Å². The number of amides is 1. The van der Waals surface area contributed by atoms with Crippen molar-refractivity contribution in [3.8, 4) is 0 Å². The minimum atomic E-state index is -0.160. The van der Waals surface area contributed by atoms with Gasteiger partial charge in [-0.25, -0.2) is 0 Å². The van der Waals surface area contributed by atoms with Gasteiger partial charge in [-0.2, -0.15) is 0 Å². The molecule has 1 aromatic carbocycles. The molecule has 1 unspecified atom stereocenters. The van der Waals surface area contributed by atoms with Gasteiger partial charge in [-0.15, -0.1) is 0 Å². The van der Waals surface area contributed by atoms with E-state index in [1.165, 1.54) is 0 Å². The van der Waals surface area contributed by atoms with Gasteiger partial charge >= 0.3 is 0 Å². The van der Waals surface area contributed by atoms with Gasteiger partial charge in [-0.1, -0.05) is 12.1 Å². The van der Waals surface area contributed by atoms with Crippen LogP contribution in [0, 0.1) is 6.92 Å². The van der Waals surface area contributed by atoms with E-state index in [4.69, 9.17) is 5.73 Å². The van der Waals surface area contributed by atoms with E-state index in [1.54, 1.807) is 18.3 Å². The van der Waals surface area contributed by atoms with E-state index < -0.39 is 0 Å². The number of anilines is 1. The first-order valence-electron chi connectivity index (χ1n) is 6.16. The standard InChI is InChI=1S/C15H17N3O/c1-10(16)12-5-3-6-13(9-12)18-15(19)14-7-4-8-17-11(14)2/h3-10H,16H2,1-2H3,(H,18,19). The van der Waals surface area contributed by atoms with Crippen molar-refractivity contribution in [1.82, 2.24) is 4.98 Å². The van der Waals surface area contributed by atoms with Crippen molar-refractivity contribution in [3.63, 3.8) is 0 Å². The molecule has 0 spiro atoms. The Balaban J connectivity index is 2.20. The van der Waals surface area contributed by atoms with Crippen LogP contribution < -0.4 is 11.1 Å². The molecule has 1 aromatic heterocycles. The summed E-state index contributed by atoms with van der Waals surface area (Å²) in [5.41, 5.74) is 8.84. The number of hydrogen-bond donors (Lipinski definition) is 2. The topological polar surface area (TPSA) is 68.0 Å². The molecule has 1 amide bonds. The van der Waals surface area contributed by atoms with Crippen LogP contribution in [-0.2, 0) is 0 Å². The SMILES string of the molecule is Cc1ncccc1C(=O)Nc1cccc(C(C)N)c1. The van der Waals surface area contributed by atoms with Crippen molar-refractivity contribution in [1.29, 1.82) is 0 Å². The molecule has 2 aromatic rings. The molecule has 0 bridgehead atoms. The van der Waals surface area contributed by atoms with Gasteiger partial charge in [-0.05, 0) is 43.7 Å². The number of nitrogens with two attached hydrogens (primary N) is 1. The monoisotopic (exact) mass is 255 g/mol. The maximum Gasteiger partial charge on any atom is 0.257 e. The second kappa shape index (κ2) is 5.63. The highest BCUT2D eigenvalue weighted by Crippen LogP contribution is 2.16. The van der Waals surface area contributed by atoms with Crippen LogP contribution in [0.4, 0.5) is 5.69 Å². The van der Waals surface area contributed by atoms with E-state index in [2.05, 4.69) is 10.3 Å². The third-order valence-corrected chi connectivity index (χ3v) is 2.92. The molecule has 0 radical (unpaired) electrons. The molecule has 0 aliphatic rings. The second-order valence-corrected chi connectivity index (χ2v) is 4.50. The number of aromatic nitrogens is 1. The molecule has 0 saturated carbocycles. The summed E-state index contributed by atoms with van der Waals surface area (Å²) in [6.07, 6.45) is 1.67. The Morgan fingerprint density at radius 3 is 2.79 bits per heavy atom. The van der Waals surface area contributed by atoms with E-state index in [1.807, 2.05) is 38.1 Å². The molecular formula is C15H17N3O. The smallest absolute Gasteiger partial charge is 0.257 e. The van der Waals surface area contributed by atoms with Crippen LogP contribution in [-0.4, -0.2) is 10.9 Å². The number of nitrogens with zero attached hydrogens (tertiary/aromatic N) is 1. The maximum atomic E-state index is 12.1. The molecule has 0 aliphatic heterocycles.